The van der Waals surface area contributed by atoms with Gasteiger partial charge >= 0.3 is 0 Å². The quantitative estimate of drug-likeness (QED) is 0.379. The fourth-order valence-corrected chi connectivity index (χ4v) is 6.38. The smallest absolute Gasteiger partial charge is 0.0370 e. The first-order valence-corrected chi connectivity index (χ1v) is 8.59. The molecule has 2 rings (SSSR count). The van der Waals surface area contributed by atoms with Gasteiger partial charge in [-0.15, -0.1) is 0 Å². The normalized spacial score (nSPS) is 41.4. The van der Waals surface area contributed by atoms with Crippen LogP contribution >= 0.6 is 45.2 Å². The van der Waals surface area contributed by atoms with Gasteiger partial charge in [0, 0.05) is 6.84 Å². The molecule has 2 aliphatic rings. The summed E-state index contributed by atoms with van der Waals surface area (Å²) in [7, 11) is 0. The van der Waals surface area contributed by atoms with E-state index in [-0.39, 0.29) is 0 Å². The molecule has 0 nitrogen and oxygen atoms in total. The van der Waals surface area contributed by atoms with E-state index in [9.17, 15) is 0 Å². The molecule has 15 heavy (non-hydrogen) atoms. The number of alkyl halides is 2. The minimum Gasteiger partial charge on any atom is -0.0774 e. The average molecular weight is 432 g/mol. The van der Waals surface area contributed by atoms with E-state index in [2.05, 4.69) is 52.1 Å². The maximum atomic E-state index is 2.83. The minimum atomic E-state index is 0.614. The van der Waals surface area contributed by atoms with E-state index in [0.29, 0.717) is 6.84 Å². The molecule has 2 heteroatoms. The zero-order valence-corrected chi connectivity index (χ0v) is 14.0. The lowest BCUT2D eigenvalue weighted by molar-refractivity contribution is 0.247. The van der Waals surface area contributed by atoms with Gasteiger partial charge in [0.15, 0.2) is 0 Å². The molecule has 2 atom stereocenters. The van der Waals surface area contributed by atoms with Gasteiger partial charge in [0.05, 0.1) is 0 Å². The highest BCUT2D eigenvalue weighted by molar-refractivity contribution is 14.1. The molecule has 0 aromatic rings. The molecular weight excluding hydrogens is 410 g/mol. The van der Waals surface area contributed by atoms with Crippen LogP contribution in [0.1, 0.15) is 64.7 Å². The van der Waals surface area contributed by atoms with Crippen molar-refractivity contribution in [3.63, 3.8) is 0 Å². The van der Waals surface area contributed by atoms with Crippen LogP contribution in [0.25, 0.3) is 0 Å². The van der Waals surface area contributed by atoms with Crippen molar-refractivity contribution < 1.29 is 0 Å². The highest BCUT2D eigenvalue weighted by atomic mass is 127. The van der Waals surface area contributed by atoms with Crippen molar-refractivity contribution in [2.75, 3.05) is 0 Å². The van der Waals surface area contributed by atoms with Gasteiger partial charge in [-0.25, -0.2) is 0 Å². The zero-order valence-electron chi connectivity index (χ0n) is 9.70. The molecule has 0 spiro atoms. The predicted molar refractivity (Wildman–Crippen MR) is 84.2 cm³/mol. The summed E-state index contributed by atoms with van der Waals surface area (Å²) in [6.45, 7) is 2.45. The number of hydrogen-bond donors (Lipinski definition) is 0. The Bertz CT molecular complexity index is 221. The third-order valence-corrected chi connectivity index (χ3v) is 9.55. The van der Waals surface area contributed by atoms with Gasteiger partial charge in [-0.1, -0.05) is 84.2 Å². The van der Waals surface area contributed by atoms with Crippen LogP contribution in [0.15, 0.2) is 0 Å². The fourth-order valence-electron chi connectivity index (χ4n) is 3.45. The van der Waals surface area contributed by atoms with Crippen molar-refractivity contribution in [1.29, 1.82) is 0 Å². The van der Waals surface area contributed by atoms with Crippen LogP contribution in [0, 0.1) is 5.92 Å². The van der Waals surface area contributed by atoms with Crippen LogP contribution < -0.4 is 0 Å². The average Bonchev–Trinajstić information content (AvgIpc) is 2.18. The van der Waals surface area contributed by atoms with E-state index in [1.54, 1.807) is 0 Å². The summed E-state index contributed by atoms with van der Waals surface area (Å²) in [6.07, 6.45) is 13.3. The molecule has 0 radical (unpaired) electrons. The Hall–Kier alpha value is 1.46. The fraction of sp³-hybridized carbons (Fsp3) is 1.00. The topological polar surface area (TPSA) is 0 Å². The third-order valence-electron chi connectivity index (χ3n) is 4.39. The van der Waals surface area contributed by atoms with E-state index >= 15 is 0 Å². The van der Waals surface area contributed by atoms with Gasteiger partial charge in [-0.2, -0.15) is 0 Å². The largest absolute Gasteiger partial charge is 0.0774 e. The van der Waals surface area contributed by atoms with Gasteiger partial charge in [-0.05, 0) is 31.6 Å². The summed E-state index contributed by atoms with van der Waals surface area (Å²) >= 11 is 5.66. The molecule has 2 saturated carbocycles. The molecule has 2 unspecified atom stereocenters. The first kappa shape index (κ1) is 12.9. The second-order valence-electron chi connectivity index (χ2n) is 5.69. The third kappa shape index (κ3) is 2.66. The summed E-state index contributed by atoms with van der Waals surface area (Å²) in [5.74, 6) is 0.962. The molecule has 0 heterocycles. The van der Waals surface area contributed by atoms with Crippen molar-refractivity contribution in [1.82, 2.24) is 0 Å². The molecule has 0 bridgehead atoms. The maximum absolute atomic E-state index is 2.83. The molecule has 0 N–H and O–H groups in total. The monoisotopic (exact) mass is 432 g/mol. The predicted octanol–water partition coefficient (Wildman–Crippen LogP) is 5.51. The number of hydrogen-bond acceptors (Lipinski definition) is 0. The van der Waals surface area contributed by atoms with Gasteiger partial charge in [0.1, 0.15) is 0 Å². The zero-order chi connectivity index (χ0) is 10.9. The van der Waals surface area contributed by atoms with Crippen LogP contribution in [0.2, 0.25) is 0 Å². The molecule has 0 aromatic carbocycles. The Morgan fingerprint density at radius 1 is 0.867 bits per heavy atom. The van der Waals surface area contributed by atoms with Crippen LogP contribution in [0.5, 0.6) is 0 Å². The van der Waals surface area contributed by atoms with Gasteiger partial charge in [0.2, 0.25) is 0 Å². The van der Waals surface area contributed by atoms with Crippen molar-refractivity contribution in [3.8, 4) is 0 Å². The molecule has 0 aromatic heterocycles. The van der Waals surface area contributed by atoms with Crippen LogP contribution in [0.4, 0.5) is 0 Å². The Balaban J connectivity index is 2.11. The number of rotatable bonds is 1. The van der Waals surface area contributed by atoms with Crippen molar-refractivity contribution in [2.24, 2.45) is 5.92 Å². The van der Waals surface area contributed by atoms with E-state index < -0.39 is 0 Å². The summed E-state index contributed by atoms with van der Waals surface area (Å²) in [5, 5.41) is 0. The van der Waals surface area contributed by atoms with Crippen LogP contribution in [-0.2, 0) is 0 Å². The molecule has 2 aliphatic carbocycles. The van der Waals surface area contributed by atoms with E-state index in [1.807, 2.05) is 0 Å². The molecule has 0 amide bonds. The van der Waals surface area contributed by atoms with Crippen molar-refractivity contribution >= 4 is 45.2 Å². The molecular formula is C13H22I2. The summed E-state index contributed by atoms with van der Waals surface area (Å²) in [5.41, 5.74) is 0. The van der Waals surface area contributed by atoms with Gasteiger partial charge in [0.25, 0.3) is 0 Å². The number of halogens is 2. The minimum absolute atomic E-state index is 0.614. The standard InChI is InChI=1S/C13H22I2/c1-11-6-5-9-13(15,10-11)12(14)7-3-2-4-8-12/h11H,2-10H2,1H3. The van der Waals surface area contributed by atoms with E-state index in [4.69, 9.17) is 0 Å². The lowest BCUT2D eigenvalue weighted by Crippen LogP contribution is -2.48. The van der Waals surface area contributed by atoms with E-state index in [0.717, 1.165) is 5.92 Å². The van der Waals surface area contributed by atoms with Crippen molar-refractivity contribution in [3.05, 3.63) is 0 Å². The van der Waals surface area contributed by atoms with Crippen LogP contribution in [-0.4, -0.2) is 6.84 Å². The highest BCUT2D eigenvalue weighted by Gasteiger charge is 2.49. The summed E-state index contributed by atoms with van der Waals surface area (Å²) in [6, 6.07) is 0. The Labute approximate surface area is 122 Å². The first-order chi connectivity index (χ1) is 7.06. The van der Waals surface area contributed by atoms with Crippen molar-refractivity contribution in [2.45, 2.75) is 71.6 Å². The maximum Gasteiger partial charge on any atom is 0.0370 e. The molecule has 88 valence electrons. The summed E-state index contributed by atoms with van der Waals surface area (Å²) in [4.78, 5) is 0. The van der Waals surface area contributed by atoms with E-state index in [1.165, 1.54) is 57.8 Å². The lowest BCUT2D eigenvalue weighted by atomic mass is 9.70. The Kier molecular flexibility index (Phi) is 4.29. The molecule has 0 saturated heterocycles. The first-order valence-electron chi connectivity index (χ1n) is 6.44. The Morgan fingerprint density at radius 2 is 1.47 bits per heavy atom. The second-order valence-corrected chi connectivity index (χ2v) is 9.82. The summed E-state index contributed by atoms with van der Waals surface area (Å²) < 4.78 is 1.24. The lowest BCUT2D eigenvalue weighted by Gasteiger charge is -2.49. The second kappa shape index (κ2) is 4.99. The molecule has 0 aliphatic heterocycles. The SMILES string of the molecule is CC1CCCC(I)(C2(I)CCCCC2)C1. The van der Waals surface area contributed by atoms with Gasteiger partial charge in [-0.3, -0.25) is 0 Å². The molecule has 2 fully saturated rings. The van der Waals surface area contributed by atoms with Gasteiger partial charge < -0.3 is 0 Å². The highest BCUT2D eigenvalue weighted by Crippen LogP contribution is 2.56. The van der Waals surface area contributed by atoms with Crippen LogP contribution in [0.3, 0.4) is 0 Å². The Morgan fingerprint density at radius 3 is 2.07 bits per heavy atom.